The van der Waals surface area contributed by atoms with E-state index in [0.29, 0.717) is 0 Å². The van der Waals surface area contributed by atoms with Gasteiger partial charge in [0, 0.05) is 0 Å². The third kappa shape index (κ3) is 3.94. The van der Waals surface area contributed by atoms with Crippen molar-refractivity contribution in [1.82, 2.24) is 4.90 Å². The maximum Gasteiger partial charge on any atom is 0.0933 e. The second kappa shape index (κ2) is 8.71. The topological polar surface area (TPSA) is 3.24 Å². The first-order valence-electron chi connectivity index (χ1n) is 10.3. The van der Waals surface area contributed by atoms with E-state index in [1.54, 1.807) is 0 Å². The summed E-state index contributed by atoms with van der Waals surface area (Å²) in [5.74, 6) is 0. The Hall–Kier alpha value is -2.12. The summed E-state index contributed by atoms with van der Waals surface area (Å²) in [6.45, 7) is 7.69. The summed E-state index contributed by atoms with van der Waals surface area (Å²) in [5.41, 5.74) is 6.66. The Labute approximate surface area is 165 Å². The van der Waals surface area contributed by atoms with Crippen molar-refractivity contribution in [2.45, 2.75) is 52.0 Å². The molecule has 0 unspecified atom stereocenters. The molecule has 0 radical (unpaired) electrons. The van der Waals surface area contributed by atoms with Gasteiger partial charge in [-0.25, -0.2) is 0 Å². The van der Waals surface area contributed by atoms with Crippen LogP contribution in [0.25, 0.3) is 0 Å². The molecule has 2 aromatic carbocycles. The normalized spacial score (nSPS) is 14.5. The Morgan fingerprint density at radius 2 is 1.44 bits per heavy atom. The summed E-state index contributed by atoms with van der Waals surface area (Å²) >= 11 is 0. The number of allylic oxidation sites excluding steroid dienone is 3. The largest absolute Gasteiger partial charge is 0.289 e. The molecule has 0 heterocycles. The van der Waals surface area contributed by atoms with Gasteiger partial charge in [-0.2, -0.15) is 0 Å². The van der Waals surface area contributed by atoms with Crippen molar-refractivity contribution in [3.05, 3.63) is 94.6 Å². The zero-order valence-corrected chi connectivity index (χ0v) is 17.3. The number of hydrogen-bond donors (Lipinski definition) is 0. The molecule has 0 fully saturated rings. The van der Waals surface area contributed by atoms with Gasteiger partial charge in [-0.05, 0) is 63.4 Å². The lowest BCUT2D eigenvalue weighted by molar-refractivity contribution is 0.187. The van der Waals surface area contributed by atoms with Crippen LogP contribution >= 0.6 is 0 Å². The van der Waals surface area contributed by atoms with Crippen LogP contribution in [0, 0.1) is 13.8 Å². The van der Waals surface area contributed by atoms with Gasteiger partial charge in [0.05, 0.1) is 5.54 Å². The highest BCUT2D eigenvalue weighted by molar-refractivity contribution is 5.50. The van der Waals surface area contributed by atoms with Gasteiger partial charge >= 0.3 is 0 Å². The van der Waals surface area contributed by atoms with Crippen LogP contribution in [-0.4, -0.2) is 18.5 Å². The van der Waals surface area contributed by atoms with E-state index in [2.05, 4.69) is 99.5 Å². The fraction of sp³-hybridized carbons (Fsp3) is 0.385. The first-order valence-corrected chi connectivity index (χ1v) is 10.3. The average Bonchev–Trinajstić information content (AvgIpc) is 2.70. The molecule has 0 saturated heterocycles. The van der Waals surface area contributed by atoms with Gasteiger partial charge in [0.25, 0.3) is 0 Å². The van der Waals surface area contributed by atoms with E-state index in [1.807, 2.05) is 0 Å². The number of hydrogen-bond acceptors (Lipinski definition) is 1. The fourth-order valence-corrected chi connectivity index (χ4v) is 4.28. The molecular formula is C26H33N. The smallest absolute Gasteiger partial charge is 0.0933 e. The molecule has 2 aromatic rings. The van der Waals surface area contributed by atoms with Crippen LogP contribution in [0.5, 0.6) is 0 Å². The number of benzene rings is 2. The molecule has 3 rings (SSSR count). The predicted octanol–water partition coefficient (Wildman–Crippen LogP) is 6.56. The van der Waals surface area contributed by atoms with Crippen molar-refractivity contribution in [2.24, 2.45) is 0 Å². The molecule has 0 aliphatic heterocycles. The van der Waals surface area contributed by atoms with Crippen molar-refractivity contribution >= 4 is 0 Å². The minimum absolute atomic E-state index is 0.207. The lowest BCUT2D eigenvalue weighted by Crippen LogP contribution is -2.47. The van der Waals surface area contributed by atoms with Crippen LogP contribution in [0.1, 0.15) is 54.9 Å². The molecule has 0 spiro atoms. The maximum absolute atomic E-state index is 2.58. The fourth-order valence-electron chi connectivity index (χ4n) is 4.28. The van der Waals surface area contributed by atoms with E-state index < -0.39 is 0 Å². The van der Waals surface area contributed by atoms with Crippen LogP contribution < -0.4 is 0 Å². The minimum atomic E-state index is -0.207. The van der Waals surface area contributed by atoms with Crippen LogP contribution in [0.4, 0.5) is 0 Å². The van der Waals surface area contributed by atoms with Gasteiger partial charge in [0.1, 0.15) is 0 Å². The van der Waals surface area contributed by atoms with Crippen molar-refractivity contribution in [3.8, 4) is 0 Å². The molecule has 0 aromatic heterocycles. The van der Waals surface area contributed by atoms with Gasteiger partial charge in [0.2, 0.25) is 0 Å². The van der Waals surface area contributed by atoms with Crippen molar-refractivity contribution in [3.63, 3.8) is 0 Å². The molecular weight excluding hydrogens is 326 g/mol. The second-order valence-corrected chi connectivity index (χ2v) is 7.88. The Kier molecular flexibility index (Phi) is 6.34. The van der Waals surface area contributed by atoms with Gasteiger partial charge in [-0.15, -0.1) is 0 Å². The van der Waals surface area contributed by atoms with E-state index in [9.17, 15) is 0 Å². The Morgan fingerprint density at radius 3 is 1.89 bits per heavy atom. The second-order valence-electron chi connectivity index (χ2n) is 7.88. The number of unbranched alkanes of at least 4 members (excludes halogenated alkanes) is 1. The van der Waals surface area contributed by atoms with Gasteiger partial charge in [0.15, 0.2) is 0 Å². The summed E-state index contributed by atoms with van der Waals surface area (Å²) in [7, 11) is 2.30. The predicted molar refractivity (Wildman–Crippen MR) is 117 cm³/mol. The Bertz CT molecular complexity index is 748. The number of likely N-dealkylation sites (N-methyl/N-ethyl adjacent to an activating group) is 1. The van der Waals surface area contributed by atoms with Crippen LogP contribution in [0.15, 0.2) is 72.3 Å². The van der Waals surface area contributed by atoms with Gasteiger partial charge in [-0.3, -0.25) is 4.90 Å². The molecule has 1 heteroatoms. The molecule has 0 N–H and O–H groups in total. The Balaban J connectivity index is 2.25. The molecule has 142 valence electrons. The maximum atomic E-state index is 2.58. The van der Waals surface area contributed by atoms with E-state index in [4.69, 9.17) is 0 Å². The summed E-state index contributed by atoms with van der Waals surface area (Å²) in [5, 5.41) is 0. The zero-order valence-electron chi connectivity index (χ0n) is 17.3. The lowest BCUT2D eigenvalue weighted by atomic mass is 9.72. The SMILES string of the molecule is CCCCN(C)C(C1=CC=CCC1)(c1ccc(C)cc1)c1ccc(C)cc1. The minimum Gasteiger partial charge on any atom is -0.289 e. The number of nitrogens with zero attached hydrogens (tertiary/aromatic N) is 1. The quantitative estimate of drug-likeness (QED) is 0.541. The molecule has 0 amide bonds. The first-order chi connectivity index (χ1) is 13.1. The molecule has 0 saturated carbocycles. The van der Waals surface area contributed by atoms with Gasteiger partial charge in [-0.1, -0.05) is 91.2 Å². The van der Waals surface area contributed by atoms with Crippen molar-refractivity contribution in [1.29, 1.82) is 0 Å². The monoisotopic (exact) mass is 359 g/mol. The van der Waals surface area contributed by atoms with E-state index in [-0.39, 0.29) is 5.54 Å². The van der Waals surface area contributed by atoms with Gasteiger partial charge < -0.3 is 0 Å². The standard InChI is InChI=1S/C26H33N/c1-5-6-20-27(4)26(23-10-8-7-9-11-23,24-16-12-21(2)13-17-24)25-18-14-22(3)15-19-25/h7-8,10,12-19H,5-6,9,11,20H2,1-4H3. The van der Waals surface area contributed by atoms with Crippen LogP contribution in [-0.2, 0) is 5.54 Å². The summed E-state index contributed by atoms with van der Waals surface area (Å²) in [6.07, 6.45) is 11.5. The van der Waals surface area contributed by atoms with Crippen molar-refractivity contribution < 1.29 is 0 Å². The molecule has 1 aliphatic rings. The van der Waals surface area contributed by atoms with Crippen LogP contribution in [0.3, 0.4) is 0 Å². The highest BCUT2D eigenvalue weighted by atomic mass is 15.2. The molecule has 0 atom stereocenters. The highest BCUT2D eigenvalue weighted by Gasteiger charge is 2.41. The molecule has 27 heavy (non-hydrogen) atoms. The third-order valence-electron chi connectivity index (χ3n) is 5.84. The van der Waals surface area contributed by atoms with Crippen molar-refractivity contribution in [2.75, 3.05) is 13.6 Å². The summed E-state index contributed by atoms with van der Waals surface area (Å²) in [6, 6.07) is 18.3. The zero-order chi connectivity index (χ0) is 19.3. The Morgan fingerprint density at radius 1 is 0.889 bits per heavy atom. The van der Waals surface area contributed by atoms with E-state index in [1.165, 1.54) is 40.7 Å². The van der Waals surface area contributed by atoms with E-state index in [0.717, 1.165) is 19.4 Å². The van der Waals surface area contributed by atoms with E-state index >= 15 is 0 Å². The summed E-state index contributed by atoms with van der Waals surface area (Å²) in [4.78, 5) is 2.58. The molecule has 1 nitrogen and oxygen atoms in total. The summed E-state index contributed by atoms with van der Waals surface area (Å²) < 4.78 is 0. The first kappa shape index (κ1) is 19.6. The third-order valence-corrected chi connectivity index (χ3v) is 5.84. The number of aryl methyl sites for hydroxylation is 2. The molecule has 0 bridgehead atoms. The highest BCUT2D eigenvalue weighted by Crippen LogP contribution is 2.44. The lowest BCUT2D eigenvalue weighted by Gasteiger charge is -2.46. The molecule has 1 aliphatic carbocycles. The van der Waals surface area contributed by atoms with Crippen LogP contribution in [0.2, 0.25) is 0 Å². The average molecular weight is 360 g/mol. The number of rotatable bonds is 7.